The third-order valence-electron chi connectivity index (χ3n) is 3.64. The van der Waals surface area contributed by atoms with Gasteiger partial charge in [0.05, 0.1) is 5.69 Å². The highest BCUT2D eigenvalue weighted by Crippen LogP contribution is 2.17. The van der Waals surface area contributed by atoms with Crippen LogP contribution in [0.1, 0.15) is 22.5 Å². The van der Waals surface area contributed by atoms with Gasteiger partial charge in [-0.3, -0.25) is 4.68 Å². The van der Waals surface area contributed by atoms with Crippen molar-refractivity contribution in [3.8, 4) is 0 Å². The van der Waals surface area contributed by atoms with Crippen molar-refractivity contribution in [2.75, 3.05) is 0 Å². The molecule has 0 aliphatic carbocycles. The van der Waals surface area contributed by atoms with Crippen molar-refractivity contribution in [1.29, 1.82) is 0 Å². The van der Waals surface area contributed by atoms with Gasteiger partial charge in [0.2, 0.25) is 0 Å². The fraction of sp³-hybridized carbons (Fsp3) is 0.400. The number of hydrogen-bond acceptors (Lipinski definition) is 2. The second-order valence-corrected chi connectivity index (χ2v) is 5.15. The first kappa shape index (κ1) is 14.7. The summed E-state index contributed by atoms with van der Waals surface area (Å²) < 4.78 is 28.6. The van der Waals surface area contributed by atoms with Gasteiger partial charge in [0.25, 0.3) is 0 Å². The van der Waals surface area contributed by atoms with E-state index in [1.54, 1.807) is 10.7 Å². The Morgan fingerprint density at radius 3 is 2.55 bits per heavy atom. The van der Waals surface area contributed by atoms with E-state index in [1.165, 1.54) is 6.07 Å². The van der Waals surface area contributed by atoms with Crippen LogP contribution in [0.2, 0.25) is 0 Å². The molecule has 0 aliphatic heterocycles. The highest BCUT2D eigenvalue weighted by molar-refractivity contribution is 5.26. The van der Waals surface area contributed by atoms with E-state index in [0.29, 0.717) is 18.4 Å². The van der Waals surface area contributed by atoms with E-state index in [0.717, 1.165) is 23.0 Å². The van der Waals surface area contributed by atoms with E-state index in [9.17, 15) is 8.78 Å². The predicted octanol–water partition coefficient (Wildman–Crippen LogP) is 2.43. The molecule has 1 aromatic carbocycles. The van der Waals surface area contributed by atoms with Gasteiger partial charge in [-0.2, -0.15) is 5.10 Å². The maximum absolute atomic E-state index is 13.6. The lowest BCUT2D eigenvalue weighted by molar-refractivity contribution is 0.492. The second-order valence-electron chi connectivity index (χ2n) is 5.15. The summed E-state index contributed by atoms with van der Waals surface area (Å²) >= 11 is 0. The summed E-state index contributed by atoms with van der Waals surface area (Å²) in [5, 5.41) is 4.33. The molecule has 2 rings (SSSR count). The summed E-state index contributed by atoms with van der Waals surface area (Å²) in [6, 6.07) is 3.91. The van der Waals surface area contributed by atoms with Crippen molar-refractivity contribution in [1.82, 2.24) is 9.78 Å². The number of halogens is 2. The molecule has 2 aromatic rings. The van der Waals surface area contributed by atoms with Crippen LogP contribution in [0.4, 0.5) is 8.78 Å². The van der Waals surface area contributed by atoms with E-state index in [4.69, 9.17) is 5.73 Å². The molecule has 2 N–H and O–H groups in total. The van der Waals surface area contributed by atoms with Gasteiger partial charge >= 0.3 is 0 Å². The average Bonchev–Trinajstić information content (AvgIpc) is 2.62. The van der Waals surface area contributed by atoms with E-state index < -0.39 is 11.6 Å². The molecular formula is C15H19F2N3. The van der Waals surface area contributed by atoms with Crippen LogP contribution in [0, 0.1) is 25.5 Å². The fourth-order valence-electron chi connectivity index (χ4n) is 2.44. The van der Waals surface area contributed by atoms with Gasteiger partial charge in [-0.25, -0.2) is 8.78 Å². The molecule has 0 saturated carbocycles. The number of nitrogens with zero attached hydrogens (tertiary/aromatic N) is 2. The summed E-state index contributed by atoms with van der Waals surface area (Å²) in [5.74, 6) is -1.63. The molecule has 0 saturated heterocycles. The zero-order chi connectivity index (χ0) is 14.9. The molecule has 0 radical (unpaired) electrons. The topological polar surface area (TPSA) is 43.8 Å². The SMILES string of the molecule is Cc1nn(C)c(C)c1CC(N)Cc1cccc(F)c1F. The van der Waals surface area contributed by atoms with Gasteiger partial charge in [-0.15, -0.1) is 0 Å². The minimum atomic E-state index is -0.830. The van der Waals surface area contributed by atoms with Crippen LogP contribution in [0.5, 0.6) is 0 Å². The minimum absolute atomic E-state index is 0.270. The first-order chi connectivity index (χ1) is 9.40. The molecule has 0 aliphatic rings. The Morgan fingerprint density at radius 2 is 1.95 bits per heavy atom. The molecule has 1 unspecified atom stereocenters. The smallest absolute Gasteiger partial charge is 0.162 e. The maximum atomic E-state index is 13.6. The largest absolute Gasteiger partial charge is 0.327 e. The summed E-state index contributed by atoms with van der Waals surface area (Å²) in [5.41, 5.74) is 9.46. The molecule has 0 amide bonds. The van der Waals surface area contributed by atoms with Crippen LogP contribution < -0.4 is 5.73 Å². The van der Waals surface area contributed by atoms with E-state index in [1.807, 2.05) is 20.9 Å². The molecule has 3 nitrogen and oxygen atoms in total. The Kier molecular flexibility index (Phi) is 4.18. The van der Waals surface area contributed by atoms with Crippen molar-refractivity contribution in [3.05, 3.63) is 52.3 Å². The Balaban J connectivity index is 2.13. The molecule has 1 heterocycles. The summed E-state index contributed by atoms with van der Waals surface area (Å²) in [4.78, 5) is 0. The van der Waals surface area contributed by atoms with Crippen molar-refractivity contribution in [3.63, 3.8) is 0 Å². The Bertz CT molecular complexity index is 620. The molecule has 5 heteroatoms. The summed E-state index contributed by atoms with van der Waals surface area (Å²) in [6.07, 6.45) is 0.902. The van der Waals surface area contributed by atoms with Crippen molar-refractivity contribution < 1.29 is 8.78 Å². The summed E-state index contributed by atoms with van der Waals surface area (Å²) in [7, 11) is 1.88. The zero-order valence-electron chi connectivity index (χ0n) is 12.0. The molecule has 20 heavy (non-hydrogen) atoms. The average molecular weight is 279 g/mol. The molecular weight excluding hydrogens is 260 g/mol. The van der Waals surface area contributed by atoms with Gasteiger partial charge in [0.15, 0.2) is 11.6 Å². The van der Waals surface area contributed by atoms with Crippen LogP contribution >= 0.6 is 0 Å². The third kappa shape index (κ3) is 2.88. The fourth-order valence-corrected chi connectivity index (χ4v) is 2.44. The van der Waals surface area contributed by atoms with Crippen molar-refractivity contribution >= 4 is 0 Å². The normalized spacial score (nSPS) is 12.7. The van der Waals surface area contributed by atoms with Crippen LogP contribution in [0.25, 0.3) is 0 Å². The van der Waals surface area contributed by atoms with Crippen LogP contribution in [-0.2, 0) is 19.9 Å². The van der Waals surface area contributed by atoms with Gasteiger partial charge in [0, 0.05) is 18.8 Å². The number of hydrogen-bond donors (Lipinski definition) is 1. The standard InChI is InChI=1S/C15H19F2N3/c1-9-13(10(2)20(3)19-9)8-12(18)7-11-5-4-6-14(16)15(11)17/h4-6,12H,7-8,18H2,1-3H3. The van der Waals surface area contributed by atoms with Crippen molar-refractivity contribution in [2.24, 2.45) is 12.8 Å². The van der Waals surface area contributed by atoms with Gasteiger partial charge < -0.3 is 5.73 Å². The molecule has 108 valence electrons. The van der Waals surface area contributed by atoms with Crippen LogP contribution in [-0.4, -0.2) is 15.8 Å². The second kappa shape index (κ2) is 5.71. The first-order valence-corrected chi connectivity index (χ1v) is 6.57. The minimum Gasteiger partial charge on any atom is -0.327 e. The third-order valence-corrected chi connectivity index (χ3v) is 3.64. The predicted molar refractivity (Wildman–Crippen MR) is 74.4 cm³/mol. The molecule has 1 atom stereocenters. The number of nitrogens with two attached hydrogens (primary N) is 1. The highest BCUT2D eigenvalue weighted by atomic mass is 19.2. The molecule has 0 spiro atoms. The highest BCUT2D eigenvalue weighted by Gasteiger charge is 2.16. The van der Waals surface area contributed by atoms with Crippen LogP contribution in [0.3, 0.4) is 0 Å². The van der Waals surface area contributed by atoms with Gasteiger partial charge in [-0.1, -0.05) is 12.1 Å². The number of aryl methyl sites for hydroxylation is 2. The molecule has 0 bridgehead atoms. The van der Waals surface area contributed by atoms with E-state index >= 15 is 0 Å². The monoisotopic (exact) mass is 279 g/mol. The Morgan fingerprint density at radius 1 is 1.25 bits per heavy atom. The summed E-state index contributed by atoms with van der Waals surface area (Å²) in [6.45, 7) is 3.91. The molecule has 0 fully saturated rings. The van der Waals surface area contributed by atoms with Gasteiger partial charge in [-0.05, 0) is 43.9 Å². The lowest BCUT2D eigenvalue weighted by Crippen LogP contribution is -2.26. The Labute approximate surface area is 117 Å². The quantitative estimate of drug-likeness (QED) is 0.934. The lowest BCUT2D eigenvalue weighted by atomic mass is 9.98. The zero-order valence-corrected chi connectivity index (χ0v) is 12.0. The first-order valence-electron chi connectivity index (χ1n) is 6.57. The molecule has 1 aromatic heterocycles. The number of aromatic nitrogens is 2. The maximum Gasteiger partial charge on any atom is 0.162 e. The van der Waals surface area contributed by atoms with Crippen molar-refractivity contribution in [2.45, 2.75) is 32.7 Å². The number of rotatable bonds is 4. The van der Waals surface area contributed by atoms with Crippen LogP contribution in [0.15, 0.2) is 18.2 Å². The number of benzene rings is 1. The van der Waals surface area contributed by atoms with E-state index in [2.05, 4.69) is 5.10 Å². The van der Waals surface area contributed by atoms with Gasteiger partial charge in [0.1, 0.15) is 0 Å². The Hall–Kier alpha value is -1.75. The van der Waals surface area contributed by atoms with E-state index in [-0.39, 0.29) is 6.04 Å². The lowest BCUT2D eigenvalue weighted by Gasteiger charge is -2.13.